The summed E-state index contributed by atoms with van der Waals surface area (Å²) in [5.74, 6) is -1.78. The van der Waals surface area contributed by atoms with Gasteiger partial charge in [-0.2, -0.15) is 0 Å². The van der Waals surface area contributed by atoms with E-state index in [1.165, 1.54) is 25.7 Å². The van der Waals surface area contributed by atoms with Crippen molar-refractivity contribution in [2.24, 2.45) is 0 Å². The second-order valence-corrected chi connectivity index (χ2v) is 12.7. The standard InChI is InChI=1S/C36H65NO7/c1-6-8-10-12-14-16-18-20-22-24-26-34(38)43-31-32(30-42-29-28-33(36(40)41)37(3,4)5)44-35(39)27-25-23-21-19-17-15-13-11-9-7-2/h12-15,32-33H,6-11,16-31H2,1-5H3/b14-12+,15-13+. The van der Waals surface area contributed by atoms with E-state index in [0.717, 1.165) is 77.0 Å². The van der Waals surface area contributed by atoms with E-state index >= 15 is 0 Å². The molecule has 0 fully saturated rings. The van der Waals surface area contributed by atoms with Crippen molar-refractivity contribution in [3.05, 3.63) is 24.3 Å². The highest BCUT2D eigenvalue weighted by Crippen LogP contribution is 2.12. The van der Waals surface area contributed by atoms with Crippen LogP contribution < -0.4 is 5.11 Å². The molecule has 256 valence electrons. The molecule has 0 heterocycles. The molecule has 0 saturated carbocycles. The van der Waals surface area contributed by atoms with Gasteiger partial charge in [0.05, 0.1) is 40.3 Å². The number of rotatable bonds is 30. The predicted molar refractivity (Wildman–Crippen MR) is 176 cm³/mol. The number of quaternary nitrogens is 1. The number of unbranched alkanes of at least 4 members (excludes halogenated alkanes) is 12. The van der Waals surface area contributed by atoms with Crippen LogP contribution >= 0.6 is 0 Å². The zero-order valence-electron chi connectivity index (χ0n) is 28.8. The molecule has 0 N–H and O–H groups in total. The Morgan fingerprint density at radius 3 is 1.61 bits per heavy atom. The highest BCUT2D eigenvalue weighted by molar-refractivity contribution is 5.70. The van der Waals surface area contributed by atoms with E-state index in [0.29, 0.717) is 12.8 Å². The molecular weight excluding hydrogens is 558 g/mol. The number of carboxylic acids is 1. The third-order valence-corrected chi connectivity index (χ3v) is 7.56. The van der Waals surface area contributed by atoms with Crippen molar-refractivity contribution in [2.45, 2.75) is 148 Å². The molecule has 0 aromatic rings. The highest BCUT2D eigenvalue weighted by atomic mass is 16.6. The van der Waals surface area contributed by atoms with Gasteiger partial charge in [-0.25, -0.2) is 0 Å². The Morgan fingerprint density at radius 2 is 1.14 bits per heavy atom. The Balaban J connectivity index is 4.52. The first-order valence-electron chi connectivity index (χ1n) is 17.4. The smallest absolute Gasteiger partial charge is 0.306 e. The summed E-state index contributed by atoms with van der Waals surface area (Å²) in [5, 5.41) is 11.5. The van der Waals surface area contributed by atoms with Crippen molar-refractivity contribution >= 4 is 17.9 Å². The molecule has 0 aromatic heterocycles. The molecule has 0 rings (SSSR count). The molecule has 8 heteroatoms. The van der Waals surface area contributed by atoms with Crippen molar-refractivity contribution in [1.29, 1.82) is 0 Å². The number of nitrogens with zero attached hydrogens (tertiary/aromatic N) is 1. The molecule has 0 saturated heterocycles. The minimum absolute atomic E-state index is 0.0338. The number of hydrogen-bond donors (Lipinski definition) is 0. The summed E-state index contributed by atoms with van der Waals surface area (Å²) in [7, 11) is 5.38. The fourth-order valence-electron chi connectivity index (χ4n) is 4.74. The lowest BCUT2D eigenvalue weighted by atomic mass is 10.1. The van der Waals surface area contributed by atoms with Crippen LogP contribution in [0.2, 0.25) is 0 Å². The topological polar surface area (TPSA) is 102 Å². The van der Waals surface area contributed by atoms with Gasteiger partial charge in [0.25, 0.3) is 0 Å². The van der Waals surface area contributed by atoms with E-state index in [1.54, 1.807) is 21.1 Å². The van der Waals surface area contributed by atoms with Gasteiger partial charge in [0.1, 0.15) is 12.6 Å². The number of esters is 2. The lowest BCUT2D eigenvalue weighted by molar-refractivity contribution is -0.889. The van der Waals surface area contributed by atoms with E-state index < -0.39 is 18.1 Å². The molecule has 0 radical (unpaired) electrons. The average molecular weight is 624 g/mol. The maximum atomic E-state index is 12.5. The summed E-state index contributed by atoms with van der Waals surface area (Å²) < 4.78 is 17.0. The van der Waals surface area contributed by atoms with Crippen molar-refractivity contribution in [3.8, 4) is 0 Å². The molecule has 8 nitrogen and oxygen atoms in total. The fraction of sp³-hybridized carbons (Fsp3) is 0.806. The van der Waals surface area contributed by atoms with Crippen LogP contribution in [0.4, 0.5) is 0 Å². The predicted octanol–water partition coefficient (Wildman–Crippen LogP) is 6.85. The molecule has 2 unspecified atom stereocenters. The summed E-state index contributed by atoms with van der Waals surface area (Å²) in [4.78, 5) is 36.4. The van der Waals surface area contributed by atoms with Crippen molar-refractivity contribution < 1.29 is 38.2 Å². The van der Waals surface area contributed by atoms with Crippen LogP contribution in [0.5, 0.6) is 0 Å². The maximum absolute atomic E-state index is 12.5. The van der Waals surface area contributed by atoms with Gasteiger partial charge in [0, 0.05) is 19.3 Å². The molecule has 0 aliphatic rings. The van der Waals surface area contributed by atoms with Gasteiger partial charge in [0.15, 0.2) is 6.10 Å². The van der Waals surface area contributed by atoms with E-state index in [9.17, 15) is 19.5 Å². The number of carbonyl (C=O) groups excluding carboxylic acids is 3. The average Bonchev–Trinajstić information content (AvgIpc) is 2.96. The second-order valence-electron chi connectivity index (χ2n) is 12.7. The normalized spacial score (nSPS) is 13.4. The molecule has 0 aromatic carbocycles. The Morgan fingerprint density at radius 1 is 0.659 bits per heavy atom. The SMILES string of the molecule is CCCC/C=C/CCCCCCC(=O)OCC(COCCC(C(=O)[O-])[N+](C)(C)C)OC(=O)CCCCCC/C=C/CCCC. The second kappa shape index (κ2) is 28.3. The van der Waals surface area contributed by atoms with Gasteiger partial charge in [-0.3, -0.25) is 9.59 Å². The molecule has 2 atom stereocenters. The van der Waals surface area contributed by atoms with Gasteiger partial charge in [-0.05, 0) is 51.4 Å². The van der Waals surface area contributed by atoms with Crippen LogP contribution in [-0.4, -0.2) is 75.5 Å². The van der Waals surface area contributed by atoms with Crippen molar-refractivity contribution in [3.63, 3.8) is 0 Å². The molecule has 0 bridgehead atoms. The number of aliphatic carboxylic acids is 1. The summed E-state index contributed by atoms with van der Waals surface area (Å²) in [6.45, 7) is 4.52. The van der Waals surface area contributed by atoms with Gasteiger partial charge in [-0.1, -0.05) is 89.5 Å². The minimum Gasteiger partial charge on any atom is -0.544 e. The number of ether oxygens (including phenoxy) is 3. The third kappa shape index (κ3) is 26.2. The Kier molecular flexibility index (Phi) is 26.9. The van der Waals surface area contributed by atoms with Crippen LogP contribution in [0.3, 0.4) is 0 Å². The monoisotopic (exact) mass is 623 g/mol. The summed E-state index contributed by atoms with van der Waals surface area (Å²) in [5.41, 5.74) is 0. The van der Waals surface area contributed by atoms with Crippen molar-refractivity contribution in [2.75, 3.05) is 41.0 Å². The van der Waals surface area contributed by atoms with Crippen LogP contribution in [0.15, 0.2) is 24.3 Å². The molecular formula is C36H65NO7. The molecule has 0 amide bonds. The van der Waals surface area contributed by atoms with E-state index in [-0.39, 0.29) is 42.7 Å². The Bertz CT molecular complexity index is 788. The Hall–Kier alpha value is -2.19. The number of hydrogen-bond acceptors (Lipinski definition) is 7. The fourth-order valence-corrected chi connectivity index (χ4v) is 4.74. The maximum Gasteiger partial charge on any atom is 0.306 e. The van der Waals surface area contributed by atoms with Crippen molar-refractivity contribution in [1.82, 2.24) is 0 Å². The van der Waals surface area contributed by atoms with Gasteiger partial charge in [-0.15, -0.1) is 0 Å². The summed E-state index contributed by atoms with van der Waals surface area (Å²) >= 11 is 0. The summed E-state index contributed by atoms with van der Waals surface area (Å²) in [6.07, 6.45) is 26.4. The van der Waals surface area contributed by atoms with E-state index in [4.69, 9.17) is 14.2 Å². The summed E-state index contributed by atoms with van der Waals surface area (Å²) in [6, 6.07) is -0.724. The van der Waals surface area contributed by atoms with Crippen LogP contribution in [0.25, 0.3) is 0 Å². The highest BCUT2D eigenvalue weighted by Gasteiger charge is 2.25. The molecule has 44 heavy (non-hydrogen) atoms. The quantitative estimate of drug-likeness (QED) is 0.0373. The molecule has 0 aliphatic carbocycles. The number of allylic oxidation sites excluding steroid dienone is 4. The zero-order chi connectivity index (χ0) is 32.9. The van der Waals surface area contributed by atoms with E-state index in [2.05, 4.69) is 38.2 Å². The Labute approximate surface area is 269 Å². The third-order valence-electron chi connectivity index (χ3n) is 7.56. The van der Waals surface area contributed by atoms with E-state index in [1.807, 2.05) is 0 Å². The van der Waals surface area contributed by atoms with Crippen LogP contribution in [0, 0.1) is 0 Å². The van der Waals surface area contributed by atoms with Crippen LogP contribution in [-0.2, 0) is 28.6 Å². The first kappa shape index (κ1) is 41.8. The zero-order valence-corrected chi connectivity index (χ0v) is 28.8. The van der Waals surface area contributed by atoms with Gasteiger partial charge in [0.2, 0.25) is 0 Å². The lowest BCUT2D eigenvalue weighted by Crippen LogP contribution is -2.55. The molecule has 0 aliphatic heterocycles. The largest absolute Gasteiger partial charge is 0.544 e. The number of carboxylic acid groups (broad SMARTS) is 1. The molecule has 0 spiro atoms. The van der Waals surface area contributed by atoms with Gasteiger partial charge >= 0.3 is 11.9 Å². The minimum atomic E-state index is -1.13. The van der Waals surface area contributed by atoms with Gasteiger partial charge < -0.3 is 28.6 Å². The number of carbonyl (C=O) groups is 3. The number of likely N-dealkylation sites (N-methyl/N-ethyl adjacent to an activating group) is 1. The first-order chi connectivity index (χ1) is 21.1. The first-order valence-corrected chi connectivity index (χ1v) is 17.4. The lowest BCUT2D eigenvalue weighted by Gasteiger charge is -2.34. The van der Waals surface area contributed by atoms with Crippen LogP contribution in [0.1, 0.15) is 136 Å².